The number of H-pyrrole nitrogens is 2. The van der Waals surface area contributed by atoms with Crippen molar-refractivity contribution in [1.82, 2.24) is 19.8 Å². The Hall–Kier alpha value is -2.12. The average Bonchev–Trinajstić information content (AvgIpc) is 3.08. The number of imidazole rings is 1. The first-order valence-electron chi connectivity index (χ1n) is 7.45. The zero-order valence-corrected chi connectivity index (χ0v) is 12.3. The molecule has 0 radical (unpaired) electrons. The summed E-state index contributed by atoms with van der Waals surface area (Å²) in [6, 6.07) is 5.50. The molecule has 0 aliphatic carbocycles. The van der Waals surface area contributed by atoms with Gasteiger partial charge < -0.3 is 19.6 Å². The van der Waals surface area contributed by atoms with Crippen molar-refractivity contribution in [3.63, 3.8) is 0 Å². The van der Waals surface area contributed by atoms with Crippen molar-refractivity contribution >= 4 is 16.9 Å². The largest absolute Gasteiger partial charge is 0.373 e. The zero-order chi connectivity index (χ0) is 15.3. The molecule has 7 nitrogen and oxygen atoms in total. The van der Waals surface area contributed by atoms with Gasteiger partial charge >= 0.3 is 5.69 Å². The SMILES string of the molecule is CN1CCO[C@@H]2CN(C(=O)c3ccc4[nH]c(=O)[nH]c4c3)C[C@@H]21. The molecule has 7 heteroatoms. The van der Waals surface area contributed by atoms with E-state index in [1.807, 2.05) is 4.90 Å². The maximum absolute atomic E-state index is 12.7. The number of carbonyl (C=O) groups excluding carboxylic acids is 1. The van der Waals surface area contributed by atoms with Gasteiger partial charge in [0.15, 0.2) is 0 Å². The molecule has 2 fully saturated rings. The van der Waals surface area contributed by atoms with Crippen LogP contribution in [0.25, 0.3) is 11.0 Å². The van der Waals surface area contributed by atoms with E-state index in [0.29, 0.717) is 29.7 Å². The Morgan fingerprint density at radius 3 is 2.91 bits per heavy atom. The molecule has 22 heavy (non-hydrogen) atoms. The van der Waals surface area contributed by atoms with Gasteiger partial charge in [0.05, 0.1) is 29.8 Å². The molecule has 2 aliphatic rings. The Balaban J connectivity index is 1.59. The van der Waals surface area contributed by atoms with Gasteiger partial charge in [0.25, 0.3) is 5.91 Å². The number of fused-ring (bicyclic) bond motifs is 2. The molecule has 2 saturated heterocycles. The maximum Gasteiger partial charge on any atom is 0.323 e. The number of morpholine rings is 1. The standard InChI is InChI=1S/C15H18N4O3/c1-18-4-5-22-13-8-19(7-12(13)18)14(20)9-2-3-10-11(6-9)17-15(21)16-10/h2-3,6,12-13H,4-5,7-8H2,1H3,(H2,16,17,21)/t12-,13+/m0/s1. The van der Waals surface area contributed by atoms with Gasteiger partial charge in [-0.2, -0.15) is 0 Å². The third kappa shape index (κ3) is 2.13. The van der Waals surface area contributed by atoms with E-state index < -0.39 is 0 Å². The number of nitrogens with one attached hydrogen (secondary N) is 2. The van der Waals surface area contributed by atoms with Crippen LogP contribution in [0.3, 0.4) is 0 Å². The minimum atomic E-state index is -0.262. The Bertz CT molecular complexity index is 780. The molecule has 0 spiro atoms. The molecule has 2 aromatic rings. The summed E-state index contributed by atoms with van der Waals surface area (Å²) < 4.78 is 5.77. The van der Waals surface area contributed by atoms with Crippen LogP contribution in [0.4, 0.5) is 0 Å². The number of likely N-dealkylation sites (tertiary alicyclic amines) is 1. The van der Waals surface area contributed by atoms with Gasteiger partial charge in [-0.3, -0.25) is 9.69 Å². The quantitative estimate of drug-likeness (QED) is 0.777. The minimum Gasteiger partial charge on any atom is -0.373 e. The van der Waals surface area contributed by atoms with Crippen molar-refractivity contribution < 1.29 is 9.53 Å². The van der Waals surface area contributed by atoms with Gasteiger partial charge in [-0.25, -0.2) is 4.79 Å². The molecule has 0 unspecified atom stereocenters. The lowest BCUT2D eigenvalue weighted by Crippen LogP contribution is -2.48. The molecule has 116 valence electrons. The summed E-state index contributed by atoms with van der Waals surface area (Å²) in [5.41, 5.74) is 1.69. The molecule has 1 aromatic carbocycles. The fourth-order valence-corrected chi connectivity index (χ4v) is 3.37. The highest BCUT2D eigenvalue weighted by Crippen LogP contribution is 2.23. The topological polar surface area (TPSA) is 81.4 Å². The number of carbonyl (C=O) groups is 1. The number of nitrogens with zero attached hydrogens (tertiary/aromatic N) is 2. The molecule has 1 aromatic heterocycles. The number of hydrogen-bond donors (Lipinski definition) is 2. The van der Waals surface area contributed by atoms with E-state index in [1.165, 1.54) is 0 Å². The van der Waals surface area contributed by atoms with E-state index in [-0.39, 0.29) is 23.7 Å². The van der Waals surface area contributed by atoms with Gasteiger partial charge in [-0.05, 0) is 25.2 Å². The molecule has 2 aliphatic heterocycles. The van der Waals surface area contributed by atoms with Crippen molar-refractivity contribution in [2.45, 2.75) is 12.1 Å². The molecule has 2 N–H and O–H groups in total. The Morgan fingerprint density at radius 1 is 1.27 bits per heavy atom. The predicted molar refractivity (Wildman–Crippen MR) is 81.0 cm³/mol. The number of likely N-dealkylation sites (N-methyl/N-ethyl adjacent to an activating group) is 1. The van der Waals surface area contributed by atoms with Crippen LogP contribution in [0.15, 0.2) is 23.0 Å². The van der Waals surface area contributed by atoms with Crippen LogP contribution < -0.4 is 5.69 Å². The van der Waals surface area contributed by atoms with Gasteiger partial charge in [0.1, 0.15) is 0 Å². The summed E-state index contributed by atoms with van der Waals surface area (Å²) >= 11 is 0. The second kappa shape index (κ2) is 4.96. The number of hydrogen-bond acceptors (Lipinski definition) is 4. The molecule has 2 atom stereocenters. The van der Waals surface area contributed by atoms with E-state index in [1.54, 1.807) is 18.2 Å². The van der Waals surface area contributed by atoms with Crippen LogP contribution in [0.5, 0.6) is 0 Å². The van der Waals surface area contributed by atoms with Gasteiger partial charge in [0.2, 0.25) is 0 Å². The van der Waals surface area contributed by atoms with Crippen molar-refractivity contribution in [2.75, 3.05) is 33.3 Å². The lowest BCUT2D eigenvalue weighted by Gasteiger charge is -2.33. The molecule has 4 rings (SSSR count). The van der Waals surface area contributed by atoms with Crippen molar-refractivity contribution in [1.29, 1.82) is 0 Å². The summed E-state index contributed by atoms with van der Waals surface area (Å²) in [6.45, 7) is 2.92. The van der Waals surface area contributed by atoms with E-state index in [2.05, 4.69) is 21.9 Å². The highest BCUT2D eigenvalue weighted by atomic mass is 16.5. The molecule has 1 amide bonds. The number of aromatic nitrogens is 2. The first-order valence-corrected chi connectivity index (χ1v) is 7.45. The number of benzene rings is 1. The highest BCUT2D eigenvalue weighted by molar-refractivity contribution is 5.97. The van der Waals surface area contributed by atoms with Crippen LogP contribution in [-0.2, 0) is 4.74 Å². The van der Waals surface area contributed by atoms with Crippen molar-refractivity contribution in [3.05, 3.63) is 34.2 Å². The van der Waals surface area contributed by atoms with E-state index >= 15 is 0 Å². The van der Waals surface area contributed by atoms with Crippen LogP contribution in [0.1, 0.15) is 10.4 Å². The normalized spacial score (nSPS) is 25.6. The summed E-state index contributed by atoms with van der Waals surface area (Å²) in [6.07, 6.45) is 0.0958. The fourth-order valence-electron chi connectivity index (χ4n) is 3.37. The third-order valence-corrected chi connectivity index (χ3v) is 4.63. The lowest BCUT2D eigenvalue weighted by molar-refractivity contribution is -0.0368. The first-order chi connectivity index (χ1) is 10.6. The van der Waals surface area contributed by atoms with Crippen LogP contribution in [0.2, 0.25) is 0 Å². The Morgan fingerprint density at radius 2 is 2.09 bits per heavy atom. The van der Waals surface area contributed by atoms with Crippen molar-refractivity contribution in [3.8, 4) is 0 Å². The lowest BCUT2D eigenvalue weighted by atomic mass is 10.1. The second-order valence-corrected chi connectivity index (χ2v) is 6.01. The number of aromatic amines is 2. The predicted octanol–water partition coefficient (Wildman–Crippen LogP) is 0.0112. The average molecular weight is 302 g/mol. The third-order valence-electron chi connectivity index (χ3n) is 4.63. The van der Waals surface area contributed by atoms with E-state index in [0.717, 1.165) is 13.2 Å². The summed E-state index contributed by atoms with van der Waals surface area (Å²) in [5, 5.41) is 0. The van der Waals surface area contributed by atoms with Crippen molar-refractivity contribution in [2.24, 2.45) is 0 Å². The smallest absolute Gasteiger partial charge is 0.323 e. The summed E-state index contributed by atoms with van der Waals surface area (Å²) in [4.78, 5) is 33.5. The summed E-state index contributed by atoms with van der Waals surface area (Å²) in [7, 11) is 2.07. The Kier molecular flexibility index (Phi) is 3.05. The van der Waals surface area contributed by atoms with Crippen LogP contribution >= 0.6 is 0 Å². The van der Waals surface area contributed by atoms with E-state index in [4.69, 9.17) is 4.74 Å². The molecule has 0 bridgehead atoms. The Labute approximate surface area is 126 Å². The van der Waals surface area contributed by atoms with Gasteiger partial charge in [-0.15, -0.1) is 0 Å². The zero-order valence-electron chi connectivity index (χ0n) is 12.3. The number of rotatable bonds is 1. The molecule has 0 saturated carbocycles. The maximum atomic E-state index is 12.7. The molecule has 3 heterocycles. The summed E-state index contributed by atoms with van der Waals surface area (Å²) in [5.74, 6) is -0.0182. The molecular weight excluding hydrogens is 284 g/mol. The highest BCUT2D eigenvalue weighted by Gasteiger charge is 2.40. The van der Waals surface area contributed by atoms with Gasteiger partial charge in [0, 0.05) is 25.2 Å². The fraction of sp³-hybridized carbons (Fsp3) is 0.467. The van der Waals surface area contributed by atoms with Gasteiger partial charge in [-0.1, -0.05) is 0 Å². The monoisotopic (exact) mass is 302 g/mol. The second-order valence-electron chi connectivity index (χ2n) is 6.01. The first kappa shape index (κ1) is 13.5. The number of ether oxygens (including phenoxy) is 1. The van der Waals surface area contributed by atoms with Crippen LogP contribution in [0, 0.1) is 0 Å². The van der Waals surface area contributed by atoms with E-state index in [9.17, 15) is 9.59 Å². The molecular formula is C15H18N4O3. The van der Waals surface area contributed by atoms with Crippen LogP contribution in [-0.4, -0.2) is 71.1 Å². The number of amides is 1. The minimum absolute atomic E-state index is 0.0182.